The lowest BCUT2D eigenvalue weighted by molar-refractivity contribution is 0.107. The Kier molecular flexibility index (Phi) is 3.37. The van der Waals surface area contributed by atoms with E-state index in [2.05, 4.69) is 10.2 Å². The van der Waals surface area contributed by atoms with Crippen molar-refractivity contribution in [1.82, 2.24) is 15.0 Å². The van der Waals surface area contributed by atoms with Crippen LogP contribution in [0, 0.1) is 0 Å². The van der Waals surface area contributed by atoms with Crippen LogP contribution in [-0.4, -0.2) is 22.1 Å². The highest BCUT2D eigenvalue weighted by molar-refractivity contribution is 7.99. The fourth-order valence-corrected chi connectivity index (χ4v) is 1.88. The molecule has 0 spiro atoms. The van der Waals surface area contributed by atoms with Crippen molar-refractivity contribution < 1.29 is 4.74 Å². The van der Waals surface area contributed by atoms with Gasteiger partial charge in [-0.05, 0) is 12.1 Å². The van der Waals surface area contributed by atoms with Crippen molar-refractivity contribution in [2.75, 3.05) is 7.11 Å². The Morgan fingerprint density at radius 1 is 1.33 bits per heavy atom. The molecule has 0 amide bonds. The highest BCUT2D eigenvalue weighted by Gasteiger charge is 2.01. The van der Waals surface area contributed by atoms with E-state index in [1.54, 1.807) is 25.1 Å². The second-order valence-electron chi connectivity index (χ2n) is 2.89. The van der Waals surface area contributed by atoms with Crippen LogP contribution in [0.2, 0.25) is 0 Å². The molecule has 0 N–H and O–H groups in total. The summed E-state index contributed by atoms with van der Waals surface area (Å²) >= 11 is 1.58. The minimum Gasteiger partial charge on any atom is -0.361 e. The molecule has 0 bridgehead atoms. The molecule has 1 aromatic carbocycles. The van der Waals surface area contributed by atoms with Crippen LogP contribution < -0.4 is 0 Å². The van der Waals surface area contributed by atoms with Crippen molar-refractivity contribution in [3.05, 3.63) is 36.5 Å². The molecule has 0 aliphatic heterocycles. The van der Waals surface area contributed by atoms with Gasteiger partial charge in [-0.25, -0.2) is 0 Å². The van der Waals surface area contributed by atoms with E-state index >= 15 is 0 Å². The first-order valence-corrected chi connectivity index (χ1v) is 5.32. The molecule has 0 saturated carbocycles. The predicted molar refractivity (Wildman–Crippen MR) is 57.6 cm³/mol. The summed E-state index contributed by atoms with van der Waals surface area (Å²) in [5.41, 5.74) is 0. The molecular formula is C10H11N3OS. The van der Waals surface area contributed by atoms with E-state index in [0.717, 1.165) is 9.92 Å². The average molecular weight is 221 g/mol. The van der Waals surface area contributed by atoms with Crippen molar-refractivity contribution in [3.63, 3.8) is 0 Å². The van der Waals surface area contributed by atoms with E-state index in [9.17, 15) is 0 Å². The van der Waals surface area contributed by atoms with Gasteiger partial charge in [0, 0.05) is 12.0 Å². The number of rotatable bonds is 4. The third kappa shape index (κ3) is 2.81. The molecule has 1 aromatic heterocycles. The van der Waals surface area contributed by atoms with Crippen LogP contribution in [0.3, 0.4) is 0 Å². The molecule has 2 rings (SSSR count). The number of methoxy groups -OCH3 is 1. The summed E-state index contributed by atoms with van der Waals surface area (Å²) in [6, 6.07) is 10.1. The molecule has 0 radical (unpaired) electrons. The highest BCUT2D eigenvalue weighted by Crippen LogP contribution is 2.24. The first kappa shape index (κ1) is 10.2. The smallest absolute Gasteiger partial charge is 0.158 e. The van der Waals surface area contributed by atoms with Crippen LogP contribution in [0.15, 0.2) is 46.5 Å². The number of nitrogens with zero attached hydrogens (tertiary/aromatic N) is 3. The quantitative estimate of drug-likeness (QED) is 0.792. The molecule has 0 aliphatic carbocycles. The van der Waals surface area contributed by atoms with Gasteiger partial charge in [0.2, 0.25) is 0 Å². The molecule has 5 heteroatoms. The van der Waals surface area contributed by atoms with Crippen molar-refractivity contribution in [3.8, 4) is 0 Å². The molecule has 0 fully saturated rings. The summed E-state index contributed by atoms with van der Waals surface area (Å²) in [6.45, 7) is 0.384. The second kappa shape index (κ2) is 4.95. The number of benzene rings is 1. The Morgan fingerprint density at radius 3 is 2.87 bits per heavy atom. The van der Waals surface area contributed by atoms with Crippen LogP contribution in [0.25, 0.3) is 0 Å². The van der Waals surface area contributed by atoms with Crippen LogP contribution >= 0.6 is 11.8 Å². The SMILES string of the molecule is COCn1ncc(Sc2ccccc2)n1. The van der Waals surface area contributed by atoms with Crippen LogP contribution in [0.1, 0.15) is 0 Å². The van der Waals surface area contributed by atoms with E-state index in [1.807, 2.05) is 30.3 Å². The van der Waals surface area contributed by atoms with Crippen molar-refractivity contribution >= 4 is 11.8 Å². The van der Waals surface area contributed by atoms with Crippen molar-refractivity contribution in [2.24, 2.45) is 0 Å². The maximum absolute atomic E-state index is 4.92. The monoisotopic (exact) mass is 221 g/mol. The Balaban J connectivity index is 2.05. The largest absolute Gasteiger partial charge is 0.361 e. The molecule has 2 aromatic rings. The van der Waals surface area contributed by atoms with Gasteiger partial charge >= 0.3 is 0 Å². The number of aromatic nitrogens is 3. The molecule has 1 heterocycles. The lowest BCUT2D eigenvalue weighted by Gasteiger charge is -1.96. The minimum absolute atomic E-state index is 0.384. The third-order valence-electron chi connectivity index (χ3n) is 1.73. The van der Waals surface area contributed by atoms with E-state index in [-0.39, 0.29) is 0 Å². The molecule has 0 saturated heterocycles. The van der Waals surface area contributed by atoms with Gasteiger partial charge in [-0.1, -0.05) is 30.0 Å². The molecular weight excluding hydrogens is 210 g/mol. The number of ether oxygens (including phenoxy) is 1. The van der Waals surface area contributed by atoms with Gasteiger partial charge in [-0.2, -0.15) is 9.90 Å². The zero-order chi connectivity index (χ0) is 10.5. The minimum atomic E-state index is 0.384. The maximum atomic E-state index is 4.92. The fourth-order valence-electron chi connectivity index (χ4n) is 1.12. The molecule has 4 nitrogen and oxygen atoms in total. The number of hydrogen-bond acceptors (Lipinski definition) is 4. The average Bonchev–Trinajstić information content (AvgIpc) is 2.68. The zero-order valence-electron chi connectivity index (χ0n) is 8.33. The topological polar surface area (TPSA) is 39.9 Å². The van der Waals surface area contributed by atoms with E-state index in [1.165, 1.54) is 4.80 Å². The number of hydrogen-bond donors (Lipinski definition) is 0. The Hall–Kier alpha value is -1.33. The lowest BCUT2D eigenvalue weighted by atomic mass is 10.4. The normalized spacial score (nSPS) is 10.5. The summed E-state index contributed by atoms with van der Waals surface area (Å²) in [6.07, 6.45) is 1.73. The first-order chi connectivity index (χ1) is 7.38. The molecule has 0 aliphatic rings. The van der Waals surface area contributed by atoms with E-state index in [0.29, 0.717) is 6.73 Å². The molecule has 78 valence electrons. The first-order valence-electron chi connectivity index (χ1n) is 4.50. The molecule has 0 unspecified atom stereocenters. The summed E-state index contributed by atoms with van der Waals surface area (Å²) in [4.78, 5) is 2.67. The van der Waals surface area contributed by atoms with Gasteiger partial charge in [0.1, 0.15) is 5.03 Å². The van der Waals surface area contributed by atoms with E-state index < -0.39 is 0 Å². The maximum Gasteiger partial charge on any atom is 0.158 e. The fraction of sp³-hybridized carbons (Fsp3) is 0.200. The van der Waals surface area contributed by atoms with Crippen molar-refractivity contribution in [2.45, 2.75) is 16.7 Å². The van der Waals surface area contributed by atoms with E-state index in [4.69, 9.17) is 4.74 Å². The van der Waals surface area contributed by atoms with Gasteiger partial charge in [-0.3, -0.25) is 0 Å². The predicted octanol–water partition coefficient (Wildman–Crippen LogP) is 2.03. The summed E-state index contributed by atoms with van der Waals surface area (Å²) in [5, 5.41) is 9.17. The van der Waals surface area contributed by atoms with Gasteiger partial charge < -0.3 is 4.74 Å². The lowest BCUT2D eigenvalue weighted by Crippen LogP contribution is -2.03. The van der Waals surface area contributed by atoms with Gasteiger partial charge in [0.25, 0.3) is 0 Å². The van der Waals surface area contributed by atoms with Gasteiger partial charge in [0.05, 0.1) is 6.20 Å². The van der Waals surface area contributed by atoms with Gasteiger partial charge in [0.15, 0.2) is 6.73 Å². The summed E-state index contributed by atoms with van der Waals surface area (Å²) in [5.74, 6) is 0. The highest BCUT2D eigenvalue weighted by atomic mass is 32.2. The Bertz CT molecular complexity index is 416. The zero-order valence-corrected chi connectivity index (χ0v) is 9.15. The van der Waals surface area contributed by atoms with Crippen molar-refractivity contribution in [1.29, 1.82) is 0 Å². The summed E-state index contributed by atoms with van der Waals surface area (Å²) in [7, 11) is 1.62. The molecule has 0 atom stereocenters. The molecule has 15 heavy (non-hydrogen) atoms. The van der Waals surface area contributed by atoms with Crippen LogP contribution in [-0.2, 0) is 11.5 Å². The summed E-state index contributed by atoms with van der Waals surface area (Å²) < 4.78 is 4.92. The second-order valence-corrected chi connectivity index (χ2v) is 3.98. The third-order valence-corrected chi connectivity index (χ3v) is 2.63. The van der Waals surface area contributed by atoms with Crippen LogP contribution in [0.4, 0.5) is 0 Å². The Morgan fingerprint density at radius 2 is 2.13 bits per heavy atom. The Labute approximate surface area is 92.3 Å². The van der Waals surface area contributed by atoms with Gasteiger partial charge in [-0.15, -0.1) is 5.10 Å². The van der Waals surface area contributed by atoms with Crippen LogP contribution in [0.5, 0.6) is 0 Å². The standard InChI is InChI=1S/C10H11N3OS/c1-14-8-13-11-7-10(12-13)15-9-5-3-2-4-6-9/h2-7H,8H2,1H3.